The van der Waals surface area contributed by atoms with E-state index in [4.69, 9.17) is 0 Å². The van der Waals surface area contributed by atoms with Gasteiger partial charge in [-0.3, -0.25) is 25.0 Å². The lowest BCUT2D eigenvalue weighted by Crippen LogP contribution is -2.16. The molecule has 1 aromatic carbocycles. The molecule has 0 radical (unpaired) electrons. The SMILES string of the molecule is CCCCCCCCCCCCC(=O)N/N=C/c1cc([N+](=O)[O-])cc([N+](=O)[O-])c1O. The Morgan fingerprint density at radius 1 is 1.00 bits per heavy atom. The fourth-order valence-corrected chi connectivity index (χ4v) is 2.97. The molecule has 0 heterocycles. The number of unbranched alkanes of at least 4 members (excludes halogenated alkanes) is 9. The number of nitro benzene ring substituents is 2. The van der Waals surface area contributed by atoms with Gasteiger partial charge in [0.2, 0.25) is 11.7 Å². The molecule has 166 valence electrons. The van der Waals surface area contributed by atoms with Gasteiger partial charge in [0.15, 0.2) is 0 Å². The number of nitrogens with zero attached hydrogens (tertiary/aromatic N) is 3. The van der Waals surface area contributed by atoms with Gasteiger partial charge in [-0.05, 0) is 6.42 Å². The summed E-state index contributed by atoms with van der Waals surface area (Å²) in [4.78, 5) is 31.9. The van der Waals surface area contributed by atoms with Crippen molar-refractivity contribution in [2.45, 2.75) is 77.6 Å². The smallest absolute Gasteiger partial charge is 0.318 e. The summed E-state index contributed by atoms with van der Waals surface area (Å²) in [6.07, 6.45) is 12.8. The maximum absolute atomic E-state index is 11.8. The number of phenols is 1. The van der Waals surface area contributed by atoms with E-state index in [-0.39, 0.29) is 17.9 Å². The van der Waals surface area contributed by atoms with Crippen molar-refractivity contribution in [1.29, 1.82) is 0 Å². The molecular formula is C20H30N4O6. The van der Waals surface area contributed by atoms with Crippen molar-refractivity contribution in [1.82, 2.24) is 5.43 Å². The third-order valence-corrected chi connectivity index (χ3v) is 4.66. The number of amides is 1. The van der Waals surface area contributed by atoms with Gasteiger partial charge in [0.25, 0.3) is 5.69 Å². The Balaban J connectivity index is 2.36. The predicted octanol–water partition coefficient (Wildman–Crippen LogP) is 4.97. The number of hydrogen-bond donors (Lipinski definition) is 2. The summed E-state index contributed by atoms with van der Waals surface area (Å²) in [5.74, 6) is -1.08. The lowest BCUT2D eigenvalue weighted by molar-refractivity contribution is -0.394. The Labute approximate surface area is 175 Å². The first kappa shape index (κ1) is 25.0. The van der Waals surface area contributed by atoms with Crippen molar-refractivity contribution in [2.24, 2.45) is 5.10 Å². The third kappa shape index (κ3) is 9.44. The molecule has 1 aromatic rings. The summed E-state index contributed by atoms with van der Waals surface area (Å²) in [5, 5.41) is 35.3. The zero-order chi connectivity index (χ0) is 22.4. The molecule has 0 aliphatic carbocycles. The van der Waals surface area contributed by atoms with Crippen LogP contribution >= 0.6 is 0 Å². The third-order valence-electron chi connectivity index (χ3n) is 4.66. The molecule has 30 heavy (non-hydrogen) atoms. The highest BCUT2D eigenvalue weighted by Gasteiger charge is 2.23. The van der Waals surface area contributed by atoms with Crippen LogP contribution in [0.5, 0.6) is 5.75 Å². The average molecular weight is 422 g/mol. The van der Waals surface area contributed by atoms with Crippen LogP contribution < -0.4 is 5.43 Å². The summed E-state index contributed by atoms with van der Waals surface area (Å²) < 4.78 is 0. The Hall–Kier alpha value is -3.04. The summed E-state index contributed by atoms with van der Waals surface area (Å²) in [5.41, 5.74) is 0.678. The van der Waals surface area contributed by atoms with Gasteiger partial charge in [0, 0.05) is 12.5 Å². The number of hydrogen-bond acceptors (Lipinski definition) is 7. The highest BCUT2D eigenvalue weighted by Crippen LogP contribution is 2.33. The Bertz CT molecular complexity index is 751. The molecule has 0 aliphatic heterocycles. The van der Waals surface area contributed by atoms with Gasteiger partial charge in [-0.25, -0.2) is 5.43 Å². The van der Waals surface area contributed by atoms with E-state index in [0.29, 0.717) is 6.07 Å². The van der Waals surface area contributed by atoms with Crippen molar-refractivity contribution in [2.75, 3.05) is 0 Å². The monoisotopic (exact) mass is 422 g/mol. The standard InChI is InChI=1S/C20H30N4O6/c1-2-3-4-5-6-7-8-9-10-11-12-19(25)22-21-15-16-13-17(23(27)28)14-18(20(16)26)24(29)30/h13-15,26H,2-12H2,1H3,(H,22,25)/b21-15+. The van der Waals surface area contributed by atoms with Gasteiger partial charge in [-0.2, -0.15) is 5.10 Å². The number of aromatic hydroxyl groups is 1. The largest absolute Gasteiger partial charge is 0.502 e. The van der Waals surface area contributed by atoms with E-state index in [1.807, 2.05) is 0 Å². The average Bonchev–Trinajstić information content (AvgIpc) is 2.70. The van der Waals surface area contributed by atoms with Gasteiger partial charge in [-0.15, -0.1) is 0 Å². The van der Waals surface area contributed by atoms with Crippen LogP contribution in [0.3, 0.4) is 0 Å². The van der Waals surface area contributed by atoms with Crippen molar-refractivity contribution < 1.29 is 19.7 Å². The number of hydrazone groups is 1. The van der Waals surface area contributed by atoms with Crippen LogP contribution in [0.2, 0.25) is 0 Å². The van der Waals surface area contributed by atoms with E-state index in [1.165, 1.54) is 38.5 Å². The van der Waals surface area contributed by atoms with Gasteiger partial charge in [0.1, 0.15) is 0 Å². The lowest BCUT2D eigenvalue weighted by atomic mass is 10.1. The molecule has 0 unspecified atom stereocenters. The minimum atomic E-state index is -0.927. The molecular weight excluding hydrogens is 392 g/mol. The van der Waals surface area contributed by atoms with Gasteiger partial charge in [-0.1, -0.05) is 64.7 Å². The number of nitrogens with one attached hydrogen (secondary N) is 1. The van der Waals surface area contributed by atoms with E-state index in [9.17, 15) is 30.1 Å². The molecule has 0 spiro atoms. The summed E-state index contributed by atoms with van der Waals surface area (Å²) in [7, 11) is 0. The number of carbonyl (C=O) groups is 1. The second kappa shape index (κ2) is 14.0. The van der Waals surface area contributed by atoms with Crippen LogP contribution in [0.25, 0.3) is 0 Å². The van der Waals surface area contributed by atoms with E-state index < -0.39 is 27.0 Å². The number of nitro groups is 2. The van der Waals surface area contributed by atoms with E-state index in [2.05, 4.69) is 17.5 Å². The first-order valence-electron chi connectivity index (χ1n) is 10.3. The fraction of sp³-hybridized carbons (Fsp3) is 0.600. The fourth-order valence-electron chi connectivity index (χ4n) is 2.97. The molecule has 1 amide bonds. The maximum Gasteiger partial charge on any atom is 0.318 e. The minimum Gasteiger partial charge on any atom is -0.502 e. The van der Waals surface area contributed by atoms with Crippen LogP contribution in [0, 0.1) is 20.2 Å². The molecule has 0 aromatic heterocycles. The molecule has 0 aliphatic rings. The van der Waals surface area contributed by atoms with Gasteiger partial charge >= 0.3 is 5.69 Å². The van der Waals surface area contributed by atoms with Crippen LogP contribution in [0.4, 0.5) is 11.4 Å². The Morgan fingerprint density at radius 3 is 2.10 bits per heavy atom. The van der Waals surface area contributed by atoms with Crippen molar-refractivity contribution in [3.8, 4) is 5.75 Å². The van der Waals surface area contributed by atoms with Crippen LogP contribution in [-0.4, -0.2) is 27.1 Å². The Kier molecular flexibility index (Phi) is 11.7. The van der Waals surface area contributed by atoms with E-state index in [1.54, 1.807) is 0 Å². The minimum absolute atomic E-state index is 0.227. The topological polar surface area (TPSA) is 148 Å². The number of benzene rings is 1. The van der Waals surface area contributed by atoms with Crippen LogP contribution in [-0.2, 0) is 4.79 Å². The molecule has 0 fully saturated rings. The van der Waals surface area contributed by atoms with E-state index >= 15 is 0 Å². The predicted molar refractivity (Wildman–Crippen MR) is 114 cm³/mol. The summed E-state index contributed by atoms with van der Waals surface area (Å²) in [6, 6.07) is 1.61. The number of phenolic OH excluding ortho intramolecular Hbond substituents is 1. The van der Waals surface area contributed by atoms with Gasteiger partial charge < -0.3 is 5.11 Å². The summed E-state index contributed by atoms with van der Waals surface area (Å²) in [6.45, 7) is 2.20. The number of rotatable bonds is 15. The summed E-state index contributed by atoms with van der Waals surface area (Å²) >= 11 is 0. The maximum atomic E-state index is 11.8. The quantitative estimate of drug-likeness (QED) is 0.176. The highest BCUT2D eigenvalue weighted by molar-refractivity contribution is 5.88. The van der Waals surface area contributed by atoms with Crippen molar-refractivity contribution >= 4 is 23.5 Å². The first-order valence-corrected chi connectivity index (χ1v) is 10.3. The van der Waals surface area contributed by atoms with Crippen molar-refractivity contribution in [3.05, 3.63) is 37.9 Å². The molecule has 0 saturated carbocycles. The Morgan fingerprint density at radius 2 is 1.57 bits per heavy atom. The zero-order valence-electron chi connectivity index (χ0n) is 17.3. The molecule has 10 nitrogen and oxygen atoms in total. The van der Waals surface area contributed by atoms with Crippen LogP contribution in [0.1, 0.15) is 83.1 Å². The molecule has 2 N–H and O–H groups in total. The molecule has 0 saturated heterocycles. The van der Waals surface area contributed by atoms with E-state index in [0.717, 1.165) is 38.0 Å². The molecule has 10 heteroatoms. The first-order chi connectivity index (χ1) is 14.4. The molecule has 0 bridgehead atoms. The molecule has 0 atom stereocenters. The van der Waals surface area contributed by atoms with Crippen molar-refractivity contribution in [3.63, 3.8) is 0 Å². The number of carbonyl (C=O) groups excluding carboxylic acids is 1. The zero-order valence-corrected chi connectivity index (χ0v) is 17.3. The van der Waals surface area contributed by atoms with Gasteiger partial charge in [0.05, 0.1) is 27.7 Å². The molecule has 1 rings (SSSR count). The normalized spacial score (nSPS) is 11.0. The lowest BCUT2D eigenvalue weighted by Gasteiger charge is -2.03. The number of non-ortho nitro benzene ring substituents is 1. The second-order valence-electron chi connectivity index (χ2n) is 7.14. The second-order valence-corrected chi connectivity index (χ2v) is 7.14. The van der Waals surface area contributed by atoms with Crippen LogP contribution in [0.15, 0.2) is 17.2 Å². The highest BCUT2D eigenvalue weighted by atomic mass is 16.6.